The van der Waals surface area contributed by atoms with Crippen molar-refractivity contribution in [2.24, 2.45) is 11.7 Å². The molecule has 6 nitrogen and oxygen atoms in total. The number of pyridine rings is 1. The summed E-state index contributed by atoms with van der Waals surface area (Å²) in [7, 11) is 0. The normalized spacial score (nSPS) is 16.8. The Kier molecular flexibility index (Phi) is 3.80. The minimum Gasteiger partial charge on any atom is -0.375 e. The van der Waals surface area contributed by atoms with Crippen molar-refractivity contribution in [2.45, 2.75) is 25.1 Å². The van der Waals surface area contributed by atoms with E-state index in [-0.39, 0.29) is 24.2 Å². The van der Waals surface area contributed by atoms with Gasteiger partial charge in [-0.05, 0) is 24.8 Å². The molecule has 0 aliphatic heterocycles. The summed E-state index contributed by atoms with van der Waals surface area (Å²) >= 11 is 0. The number of alkyl halides is 3. The predicted octanol–water partition coefficient (Wildman–Crippen LogP) is 2.16. The molecule has 0 aromatic carbocycles. The average molecular weight is 290 g/mol. The minimum atomic E-state index is -4.65. The van der Waals surface area contributed by atoms with E-state index >= 15 is 0 Å². The van der Waals surface area contributed by atoms with Gasteiger partial charge in [0.15, 0.2) is 0 Å². The van der Waals surface area contributed by atoms with E-state index in [2.05, 4.69) is 10.3 Å². The molecule has 1 unspecified atom stereocenters. The number of nitrogens with two attached hydrogens (primary N) is 1. The maximum Gasteiger partial charge on any atom is 0.433 e. The topological polar surface area (TPSA) is 94.1 Å². The first-order chi connectivity index (χ1) is 9.32. The number of anilines is 1. The summed E-state index contributed by atoms with van der Waals surface area (Å²) in [5.41, 5.74) is 3.69. The number of nitro groups is 1. The van der Waals surface area contributed by atoms with E-state index in [0.717, 1.165) is 12.8 Å². The Balaban J connectivity index is 2.33. The van der Waals surface area contributed by atoms with Crippen molar-refractivity contribution in [3.63, 3.8) is 0 Å². The first kappa shape index (κ1) is 14.5. The second kappa shape index (κ2) is 5.23. The van der Waals surface area contributed by atoms with Gasteiger partial charge in [-0.15, -0.1) is 0 Å². The standard InChI is InChI=1S/C11H13F3N4O2/c12-11(13,14)10-3-7(9(5-16-10)18(19)20)17-8(4-15)6-1-2-6/h3,5-6,8H,1-2,4,15H2,(H,16,17). The summed E-state index contributed by atoms with van der Waals surface area (Å²) in [6.45, 7) is 0.200. The van der Waals surface area contributed by atoms with Crippen molar-refractivity contribution in [3.8, 4) is 0 Å². The molecule has 1 aromatic heterocycles. The first-order valence-corrected chi connectivity index (χ1v) is 6.01. The van der Waals surface area contributed by atoms with E-state index in [4.69, 9.17) is 5.73 Å². The highest BCUT2D eigenvalue weighted by atomic mass is 19.4. The van der Waals surface area contributed by atoms with Gasteiger partial charge in [0.2, 0.25) is 0 Å². The zero-order valence-corrected chi connectivity index (χ0v) is 10.4. The van der Waals surface area contributed by atoms with Crippen LogP contribution in [0.25, 0.3) is 0 Å². The van der Waals surface area contributed by atoms with Crippen LogP contribution >= 0.6 is 0 Å². The van der Waals surface area contributed by atoms with Gasteiger partial charge in [0.25, 0.3) is 0 Å². The van der Waals surface area contributed by atoms with Crippen LogP contribution in [0.3, 0.4) is 0 Å². The molecule has 110 valence electrons. The zero-order valence-electron chi connectivity index (χ0n) is 10.4. The number of nitrogens with zero attached hydrogens (tertiary/aromatic N) is 2. The van der Waals surface area contributed by atoms with E-state index in [1.54, 1.807) is 0 Å². The molecule has 0 saturated heterocycles. The molecule has 3 N–H and O–H groups in total. The summed E-state index contributed by atoms with van der Waals surface area (Å²) in [6.07, 6.45) is -2.20. The smallest absolute Gasteiger partial charge is 0.375 e. The fourth-order valence-corrected chi connectivity index (χ4v) is 1.93. The molecule has 0 bridgehead atoms. The van der Waals surface area contributed by atoms with Crippen molar-refractivity contribution in [1.82, 2.24) is 4.98 Å². The molecule has 1 aromatic rings. The Morgan fingerprint density at radius 1 is 1.55 bits per heavy atom. The van der Waals surface area contributed by atoms with Crippen LogP contribution in [0.5, 0.6) is 0 Å². The highest BCUT2D eigenvalue weighted by molar-refractivity contribution is 5.61. The lowest BCUT2D eigenvalue weighted by Crippen LogP contribution is -2.31. The molecule has 1 heterocycles. The molecule has 1 aliphatic carbocycles. The van der Waals surface area contributed by atoms with E-state index in [1.165, 1.54) is 0 Å². The molecule has 1 aliphatic rings. The van der Waals surface area contributed by atoms with Crippen LogP contribution in [-0.4, -0.2) is 22.5 Å². The Hall–Kier alpha value is -1.90. The monoisotopic (exact) mass is 290 g/mol. The lowest BCUT2D eigenvalue weighted by molar-refractivity contribution is -0.384. The molecule has 0 spiro atoms. The Morgan fingerprint density at radius 2 is 2.20 bits per heavy atom. The molecular weight excluding hydrogens is 277 g/mol. The molecule has 0 amide bonds. The van der Waals surface area contributed by atoms with E-state index in [9.17, 15) is 23.3 Å². The van der Waals surface area contributed by atoms with Gasteiger partial charge in [-0.3, -0.25) is 10.1 Å². The first-order valence-electron chi connectivity index (χ1n) is 6.01. The van der Waals surface area contributed by atoms with Crippen molar-refractivity contribution in [2.75, 3.05) is 11.9 Å². The quantitative estimate of drug-likeness (QED) is 0.640. The number of hydrogen-bond donors (Lipinski definition) is 2. The van der Waals surface area contributed by atoms with E-state index in [0.29, 0.717) is 12.3 Å². The van der Waals surface area contributed by atoms with E-state index in [1.807, 2.05) is 0 Å². The summed E-state index contributed by atoms with van der Waals surface area (Å²) < 4.78 is 37.8. The molecule has 0 radical (unpaired) electrons. The third kappa shape index (κ3) is 3.16. The molecule has 9 heteroatoms. The zero-order chi connectivity index (χ0) is 14.9. The third-order valence-corrected chi connectivity index (χ3v) is 3.16. The molecule has 20 heavy (non-hydrogen) atoms. The predicted molar refractivity (Wildman–Crippen MR) is 65.1 cm³/mol. The van der Waals surface area contributed by atoms with Gasteiger partial charge in [-0.1, -0.05) is 0 Å². The number of halogens is 3. The lowest BCUT2D eigenvalue weighted by atomic mass is 10.1. The highest BCUT2D eigenvalue weighted by Crippen LogP contribution is 2.37. The minimum absolute atomic E-state index is 0.195. The summed E-state index contributed by atoms with van der Waals surface area (Å²) in [4.78, 5) is 13.2. The SMILES string of the molecule is NCC(Nc1cc(C(F)(F)F)ncc1[N+](=O)[O-])C1CC1. The van der Waals surface area contributed by atoms with Crippen LogP contribution in [0.2, 0.25) is 0 Å². The van der Waals surface area contributed by atoms with Crippen molar-refractivity contribution in [1.29, 1.82) is 0 Å². The average Bonchev–Trinajstić information content (AvgIpc) is 3.18. The van der Waals surface area contributed by atoms with Gasteiger partial charge in [-0.2, -0.15) is 13.2 Å². The Labute approximate surface area is 112 Å². The molecule has 1 fully saturated rings. The number of nitrogens with one attached hydrogen (secondary N) is 1. The molecular formula is C11H13F3N4O2. The molecule has 2 rings (SSSR count). The van der Waals surface area contributed by atoms with Crippen LogP contribution in [0, 0.1) is 16.0 Å². The molecule has 1 atom stereocenters. The van der Waals surface area contributed by atoms with Crippen LogP contribution in [0.15, 0.2) is 12.3 Å². The molecule has 1 saturated carbocycles. The van der Waals surface area contributed by atoms with Gasteiger partial charge in [0.1, 0.15) is 17.6 Å². The van der Waals surface area contributed by atoms with Crippen molar-refractivity contribution >= 4 is 11.4 Å². The largest absolute Gasteiger partial charge is 0.433 e. The number of rotatable bonds is 5. The number of hydrogen-bond acceptors (Lipinski definition) is 5. The van der Waals surface area contributed by atoms with Gasteiger partial charge >= 0.3 is 11.9 Å². The summed E-state index contributed by atoms with van der Waals surface area (Å²) in [5.74, 6) is 0.252. The van der Waals surface area contributed by atoms with Gasteiger partial charge in [-0.25, -0.2) is 4.98 Å². The van der Waals surface area contributed by atoms with Gasteiger partial charge in [0, 0.05) is 12.6 Å². The maximum absolute atomic E-state index is 12.6. The highest BCUT2D eigenvalue weighted by Gasteiger charge is 2.36. The fraction of sp³-hybridized carbons (Fsp3) is 0.545. The number of aromatic nitrogens is 1. The van der Waals surface area contributed by atoms with Crippen LogP contribution in [-0.2, 0) is 6.18 Å². The van der Waals surface area contributed by atoms with E-state index < -0.39 is 22.5 Å². The Morgan fingerprint density at radius 3 is 2.65 bits per heavy atom. The fourth-order valence-electron chi connectivity index (χ4n) is 1.93. The Bertz CT molecular complexity index is 517. The van der Waals surface area contributed by atoms with Crippen LogP contribution in [0.1, 0.15) is 18.5 Å². The third-order valence-electron chi connectivity index (χ3n) is 3.16. The van der Waals surface area contributed by atoms with Crippen LogP contribution < -0.4 is 11.1 Å². The van der Waals surface area contributed by atoms with Gasteiger partial charge < -0.3 is 11.1 Å². The van der Waals surface area contributed by atoms with Crippen LogP contribution in [0.4, 0.5) is 24.5 Å². The van der Waals surface area contributed by atoms with Gasteiger partial charge in [0.05, 0.1) is 4.92 Å². The van der Waals surface area contributed by atoms with Crippen molar-refractivity contribution in [3.05, 3.63) is 28.1 Å². The summed E-state index contributed by atoms with van der Waals surface area (Å²) in [6, 6.07) is 0.389. The maximum atomic E-state index is 12.6. The lowest BCUT2D eigenvalue weighted by Gasteiger charge is -2.18. The second-order valence-electron chi connectivity index (χ2n) is 4.67. The van der Waals surface area contributed by atoms with Crippen molar-refractivity contribution < 1.29 is 18.1 Å². The summed E-state index contributed by atoms with van der Waals surface area (Å²) in [5, 5.41) is 13.6. The second-order valence-corrected chi connectivity index (χ2v) is 4.67.